The van der Waals surface area contributed by atoms with Gasteiger partial charge in [-0.15, -0.1) is 0 Å². The van der Waals surface area contributed by atoms with Crippen molar-refractivity contribution in [1.29, 1.82) is 0 Å². The van der Waals surface area contributed by atoms with Crippen molar-refractivity contribution in [3.05, 3.63) is 121 Å². The van der Waals surface area contributed by atoms with E-state index in [9.17, 15) is 0 Å². The van der Waals surface area contributed by atoms with Gasteiger partial charge in [-0.1, -0.05) is 148 Å². The van der Waals surface area contributed by atoms with E-state index in [4.69, 9.17) is 8.83 Å². The number of para-hydroxylation sites is 2. The van der Waals surface area contributed by atoms with E-state index >= 15 is 0 Å². The van der Waals surface area contributed by atoms with Crippen LogP contribution < -0.4 is 32.8 Å². The first-order valence-corrected chi connectivity index (χ1v) is 20.1. The molecule has 4 aliphatic heterocycles. The minimum absolute atomic E-state index is 0.149. The normalized spacial score (nSPS) is 14.8. The van der Waals surface area contributed by atoms with E-state index in [-0.39, 0.29) is 13.4 Å². The minimum atomic E-state index is 0.149. The molecule has 0 radical (unpaired) electrons. The van der Waals surface area contributed by atoms with Gasteiger partial charge in [0.25, 0.3) is 0 Å². The summed E-state index contributed by atoms with van der Waals surface area (Å²) in [5.41, 5.74) is 12.3. The average molecular weight is 707 g/mol. The van der Waals surface area contributed by atoms with Crippen molar-refractivity contribution in [2.45, 2.75) is 39.2 Å². The lowest BCUT2D eigenvalue weighted by atomic mass is 9.33. The van der Waals surface area contributed by atoms with Crippen LogP contribution in [0.25, 0.3) is 43.9 Å². The van der Waals surface area contributed by atoms with Crippen LogP contribution in [0.15, 0.2) is 169 Å². The van der Waals surface area contributed by atoms with Crippen molar-refractivity contribution in [3.8, 4) is 0 Å². The zero-order valence-corrected chi connectivity index (χ0v) is 29.4. The highest BCUT2D eigenvalue weighted by Gasteiger charge is 2.44. The third kappa shape index (κ3) is 3.46. The summed E-state index contributed by atoms with van der Waals surface area (Å²) in [7, 11) is 0. The predicted molar refractivity (Wildman–Crippen MR) is 213 cm³/mol. The van der Waals surface area contributed by atoms with Crippen molar-refractivity contribution in [2.75, 3.05) is 0 Å². The van der Waals surface area contributed by atoms with Crippen molar-refractivity contribution in [3.63, 3.8) is 0 Å². The monoisotopic (exact) mass is 706 g/mol. The molecule has 2 nitrogen and oxygen atoms in total. The first kappa shape index (κ1) is 27.4. The molecule has 0 saturated carbocycles. The van der Waals surface area contributed by atoms with Gasteiger partial charge in [-0.05, 0) is 53.4 Å². The summed E-state index contributed by atoms with van der Waals surface area (Å²) in [6.45, 7) is 0.299. The number of furan rings is 2. The first-order valence-electron chi connectivity index (χ1n) is 16.8. The Kier molecular flexibility index (Phi) is 5.32. The zero-order chi connectivity index (χ0) is 32.2. The minimum Gasteiger partial charge on any atom is -0.456 e. The molecule has 0 N–H and O–H groups in total. The van der Waals surface area contributed by atoms with Gasteiger partial charge >= 0.3 is 0 Å². The van der Waals surface area contributed by atoms with Gasteiger partial charge < -0.3 is 8.83 Å². The number of benzene rings is 7. The van der Waals surface area contributed by atoms with E-state index in [1.807, 2.05) is 47.0 Å². The molecule has 8 heteroatoms. The van der Waals surface area contributed by atoms with Crippen LogP contribution in [0.4, 0.5) is 0 Å². The molecule has 0 bridgehead atoms. The lowest BCUT2D eigenvalue weighted by molar-refractivity contribution is 0.667. The molecule has 0 amide bonds. The molecule has 4 aliphatic rings. The summed E-state index contributed by atoms with van der Waals surface area (Å²) in [5, 5.41) is 4.88. The predicted octanol–water partition coefficient (Wildman–Crippen LogP) is 8.38. The Labute approximate surface area is 304 Å². The zero-order valence-electron chi connectivity index (χ0n) is 26.2. The van der Waals surface area contributed by atoms with Crippen LogP contribution >= 0.6 is 47.0 Å². The van der Waals surface area contributed by atoms with Crippen LogP contribution in [0.2, 0.25) is 0 Å². The molecule has 7 aromatic carbocycles. The van der Waals surface area contributed by atoms with Gasteiger partial charge in [0, 0.05) is 60.7 Å². The Bertz CT molecular complexity index is 3020. The second-order valence-electron chi connectivity index (χ2n) is 13.5. The standard InChI is InChI=1S/C42H20B2O2S4/c1-5-13-27-21(9-1)37-30(46-27)19-36-40-41(37)49-32-16-8-4-12-24(32)44(40)25-17-26-34(20-33(25)48-36)50-42-38-22-10-2-6-14-28(22)45-29(38)18-35-39(42)43(26)23-11-3-7-15-31(23)47-35/h1-20H. The molecule has 0 unspecified atom stereocenters. The Morgan fingerprint density at radius 1 is 0.360 bits per heavy atom. The number of fused-ring (bicyclic) bond motifs is 16. The molecular weight excluding hydrogens is 686 g/mol. The fourth-order valence-corrected chi connectivity index (χ4v) is 14.1. The molecule has 13 rings (SSSR count). The second kappa shape index (κ2) is 9.71. The van der Waals surface area contributed by atoms with Gasteiger partial charge in [-0.2, -0.15) is 0 Å². The van der Waals surface area contributed by atoms with Crippen molar-refractivity contribution in [1.82, 2.24) is 0 Å². The third-order valence-electron chi connectivity index (χ3n) is 10.9. The topological polar surface area (TPSA) is 26.3 Å². The molecular formula is C42H20B2O2S4. The quantitative estimate of drug-likeness (QED) is 0.147. The van der Waals surface area contributed by atoms with Crippen LogP contribution in [0.1, 0.15) is 0 Å². The highest BCUT2D eigenvalue weighted by Crippen LogP contribution is 2.48. The van der Waals surface area contributed by atoms with E-state index in [0.717, 1.165) is 22.3 Å². The maximum atomic E-state index is 6.53. The summed E-state index contributed by atoms with van der Waals surface area (Å²) in [5.74, 6) is 0. The summed E-state index contributed by atoms with van der Waals surface area (Å²) in [6, 6.07) is 44.8. The van der Waals surface area contributed by atoms with E-state index in [1.54, 1.807) is 0 Å². The van der Waals surface area contributed by atoms with Gasteiger partial charge in [-0.25, -0.2) is 0 Å². The van der Waals surface area contributed by atoms with E-state index < -0.39 is 0 Å². The fraction of sp³-hybridized carbons (Fsp3) is 0. The van der Waals surface area contributed by atoms with Gasteiger partial charge in [0.05, 0.1) is 0 Å². The van der Waals surface area contributed by atoms with Gasteiger partial charge in [0.2, 0.25) is 13.4 Å². The van der Waals surface area contributed by atoms with Gasteiger partial charge in [0.1, 0.15) is 22.3 Å². The highest BCUT2D eigenvalue weighted by molar-refractivity contribution is 8.02. The van der Waals surface area contributed by atoms with Crippen molar-refractivity contribution < 1.29 is 8.83 Å². The first-order chi connectivity index (χ1) is 24.8. The average Bonchev–Trinajstić information content (AvgIpc) is 3.72. The van der Waals surface area contributed by atoms with E-state index in [1.165, 1.54) is 93.5 Å². The van der Waals surface area contributed by atoms with Crippen LogP contribution in [-0.4, -0.2) is 13.4 Å². The Hall–Kier alpha value is -4.33. The fourth-order valence-electron chi connectivity index (χ4n) is 8.88. The number of rotatable bonds is 0. The Morgan fingerprint density at radius 3 is 1.42 bits per heavy atom. The third-order valence-corrected chi connectivity index (χ3v) is 15.6. The molecule has 9 aromatic rings. The largest absolute Gasteiger partial charge is 0.456 e. The Morgan fingerprint density at radius 2 is 0.820 bits per heavy atom. The lowest BCUT2D eigenvalue weighted by Gasteiger charge is -2.37. The van der Waals surface area contributed by atoms with Crippen molar-refractivity contribution in [2.24, 2.45) is 0 Å². The second-order valence-corrected chi connectivity index (χ2v) is 17.7. The SMILES string of the molecule is c1ccc2c(c1)Sc1cc3oc4ccccc4c3c3c1B2c1cc2c(cc1S3)Sc1cc3oc4ccccc4c3c3c1B2c1ccccc1S3. The molecule has 230 valence electrons. The molecule has 0 aliphatic carbocycles. The van der Waals surface area contributed by atoms with Gasteiger partial charge in [0.15, 0.2) is 0 Å². The van der Waals surface area contributed by atoms with Crippen LogP contribution in [0.5, 0.6) is 0 Å². The molecule has 0 spiro atoms. The lowest BCUT2D eigenvalue weighted by Crippen LogP contribution is -2.62. The van der Waals surface area contributed by atoms with E-state index in [2.05, 4.69) is 121 Å². The van der Waals surface area contributed by atoms with Gasteiger partial charge in [-0.3, -0.25) is 0 Å². The summed E-state index contributed by atoms with van der Waals surface area (Å²) < 4.78 is 13.1. The number of hydrogen-bond acceptors (Lipinski definition) is 6. The van der Waals surface area contributed by atoms with Crippen LogP contribution in [0.3, 0.4) is 0 Å². The summed E-state index contributed by atoms with van der Waals surface area (Å²) in [4.78, 5) is 10.6. The molecule has 6 heterocycles. The number of hydrogen-bond donors (Lipinski definition) is 0. The maximum absolute atomic E-state index is 6.53. The molecule has 0 atom stereocenters. The molecule has 0 fully saturated rings. The summed E-state index contributed by atoms with van der Waals surface area (Å²) in [6.07, 6.45) is 0. The molecule has 50 heavy (non-hydrogen) atoms. The van der Waals surface area contributed by atoms with Crippen LogP contribution in [-0.2, 0) is 0 Å². The molecule has 2 aromatic heterocycles. The maximum Gasteiger partial charge on any atom is 0.247 e. The van der Waals surface area contributed by atoms with E-state index in [0.29, 0.717) is 0 Å². The van der Waals surface area contributed by atoms with Crippen molar-refractivity contribution >= 4 is 137 Å². The molecule has 0 saturated heterocycles. The van der Waals surface area contributed by atoms with Crippen LogP contribution in [0, 0.1) is 0 Å². The smallest absolute Gasteiger partial charge is 0.247 e. The highest BCUT2D eigenvalue weighted by atomic mass is 32.2. The summed E-state index contributed by atoms with van der Waals surface area (Å²) >= 11 is 7.65. The Balaban J connectivity index is 1.11.